The minimum absolute atomic E-state index is 0.0166. The molecule has 0 aromatic carbocycles. The first kappa shape index (κ1) is 13.4. The molecule has 2 saturated carbocycles. The summed E-state index contributed by atoms with van der Waals surface area (Å²) >= 11 is 0. The first-order chi connectivity index (χ1) is 9.65. The van der Waals surface area contributed by atoms with Gasteiger partial charge >= 0.3 is 0 Å². The molecule has 1 heterocycles. The summed E-state index contributed by atoms with van der Waals surface area (Å²) in [5.74, 6) is 1.65. The van der Waals surface area contributed by atoms with E-state index in [2.05, 4.69) is 0 Å². The lowest BCUT2D eigenvalue weighted by Crippen LogP contribution is -2.42. The van der Waals surface area contributed by atoms with Gasteiger partial charge in [-0.1, -0.05) is 6.42 Å². The summed E-state index contributed by atoms with van der Waals surface area (Å²) in [6.45, 7) is 0.506. The van der Waals surface area contributed by atoms with Gasteiger partial charge in [-0.25, -0.2) is 0 Å². The second-order valence-electron chi connectivity index (χ2n) is 6.17. The van der Waals surface area contributed by atoms with Crippen molar-refractivity contribution in [3.05, 3.63) is 24.2 Å². The van der Waals surface area contributed by atoms with Crippen LogP contribution in [0.5, 0.6) is 0 Å². The average molecular weight is 275 g/mol. The fourth-order valence-corrected chi connectivity index (χ4v) is 3.71. The first-order valence-corrected chi connectivity index (χ1v) is 7.46. The van der Waals surface area contributed by atoms with Crippen molar-refractivity contribution in [2.75, 3.05) is 7.05 Å². The number of carbonyl (C=O) groups excluding carboxylic acids is 2. The maximum Gasteiger partial charge on any atom is 0.225 e. The molecule has 4 heteroatoms. The first-order valence-electron chi connectivity index (χ1n) is 7.46. The van der Waals surface area contributed by atoms with Crippen LogP contribution in [0.2, 0.25) is 0 Å². The van der Waals surface area contributed by atoms with Gasteiger partial charge in [0.2, 0.25) is 5.91 Å². The highest BCUT2D eigenvalue weighted by molar-refractivity contribution is 5.88. The van der Waals surface area contributed by atoms with Gasteiger partial charge in [0.15, 0.2) is 0 Å². The molecule has 2 aliphatic rings. The molecule has 1 aromatic rings. The number of nitrogens with zero attached hydrogens (tertiary/aromatic N) is 1. The number of fused-ring (bicyclic) bond motifs is 2. The monoisotopic (exact) mass is 275 g/mol. The Morgan fingerprint density at radius 1 is 1.35 bits per heavy atom. The Kier molecular flexibility index (Phi) is 3.64. The summed E-state index contributed by atoms with van der Waals surface area (Å²) in [4.78, 5) is 26.3. The number of ketones is 1. The van der Waals surface area contributed by atoms with Gasteiger partial charge in [0.05, 0.1) is 12.8 Å². The SMILES string of the molecule is CN(Cc1ccco1)C(=O)C1CC2CCCC(C1)C2=O. The Morgan fingerprint density at radius 2 is 2.05 bits per heavy atom. The molecule has 2 atom stereocenters. The van der Waals surface area contributed by atoms with Crippen molar-refractivity contribution in [3.8, 4) is 0 Å². The summed E-state index contributed by atoms with van der Waals surface area (Å²) in [7, 11) is 1.82. The van der Waals surface area contributed by atoms with E-state index < -0.39 is 0 Å². The van der Waals surface area contributed by atoms with E-state index in [0.29, 0.717) is 12.3 Å². The van der Waals surface area contributed by atoms with Gasteiger partial charge < -0.3 is 9.32 Å². The molecule has 3 rings (SSSR count). The van der Waals surface area contributed by atoms with E-state index in [0.717, 1.165) is 37.9 Å². The molecule has 2 bridgehead atoms. The highest BCUT2D eigenvalue weighted by Gasteiger charge is 2.41. The van der Waals surface area contributed by atoms with Crippen molar-refractivity contribution in [2.45, 2.75) is 38.6 Å². The van der Waals surface area contributed by atoms with Crippen LogP contribution in [-0.2, 0) is 16.1 Å². The number of rotatable bonds is 3. The summed E-state index contributed by atoms with van der Waals surface area (Å²) in [5, 5.41) is 0. The standard InChI is InChI=1S/C16H21NO3/c1-17(10-14-6-3-7-20-14)16(19)13-8-11-4-2-5-12(9-13)15(11)18/h3,6-7,11-13H,2,4-5,8-10H2,1H3. The van der Waals surface area contributed by atoms with Gasteiger partial charge in [-0.2, -0.15) is 0 Å². The molecule has 0 aliphatic heterocycles. The predicted molar refractivity (Wildman–Crippen MR) is 73.7 cm³/mol. The van der Waals surface area contributed by atoms with E-state index in [1.165, 1.54) is 0 Å². The molecule has 1 amide bonds. The normalized spacial score (nSPS) is 29.2. The topological polar surface area (TPSA) is 50.5 Å². The summed E-state index contributed by atoms with van der Waals surface area (Å²) < 4.78 is 5.29. The Balaban J connectivity index is 1.64. The van der Waals surface area contributed by atoms with Gasteiger partial charge in [0.25, 0.3) is 0 Å². The fourth-order valence-electron chi connectivity index (χ4n) is 3.71. The third-order valence-electron chi connectivity index (χ3n) is 4.75. The molecule has 2 unspecified atom stereocenters. The zero-order valence-electron chi connectivity index (χ0n) is 11.9. The average Bonchev–Trinajstić information content (AvgIpc) is 2.90. The maximum absolute atomic E-state index is 12.5. The summed E-state index contributed by atoms with van der Waals surface area (Å²) in [5.41, 5.74) is 0. The van der Waals surface area contributed by atoms with Crippen molar-refractivity contribution in [1.29, 1.82) is 0 Å². The second kappa shape index (κ2) is 5.43. The Bertz CT molecular complexity index is 478. The number of amides is 1. The largest absolute Gasteiger partial charge is 0.467 e. The van der Waals surface area contributed by atoms with Crippen LogP contribution < -0.4 is 0 Å². The van der Waals surface area contributed by atoms with Crippen LogP contribution in [0, 0.1) is 17.8 Å². The van der Waals surface area contributed by atoms with Gasteiger partial charge in [-0.3, -0.25) is 9.59 Å². The molecule has 0 saturated heterocycles. The van der Waals surface area contributed by atoms with Crippen molar-refractivity contribution in [3.63, 3.8) is 0 Å². The van der Waals surface area contributed by atoms with E-state index in [4.69, 9.17) is 4.42 Å². The van der Waals surface area contributed by atoms with Gasteiger partial charge in [0, 0.05) is 24.8 Å². The van der Waals surface area contributed by atoms with Crippen LogP contribution in [-0.4, -0.2) is 23.6 Å². The van der Waals surface area contributed by atoms with Crippen molar-refractivity contribution in [1.82, 2.24) is 4.90 Å². The van der Waals surface area contributed by atoms with Crippen molar-refractivity contribution >= 4 is 11.7 Å². The number of hydrogen-bond acceptors (Lipinski definition) is 3. The third-order valence-corrected chi connectivity index (χ3v) is 4.75. The number of furan rings is 1. The van der Waals surface area contributed by atoms with Crippen LogP contribution in [0.1, 0.15) is 37.9 Å². The van der Waals surface area contributed by atoms with Crippen LogP contribution in [0.4, 0.5) is 0 Å². The number of Topliss-reactive ketones (excluding diaryl/α,β-unsaturated/α-hetero) is 1. The summed E-state index contributed by atoms with van der Waals surface area (Å²) in [6.07, 6.45) is 6.21. The lowest BCUT2D eigenvalue weighted by Gasteiger charge is -2.38. The van der Waals surface area contributed by atoms with Crippen LogP contribution in [0.25, 0.3) is 0 Å². The summed E-state index contributed by atoms with van der Waals surface area (Å²) in [6, 6.07) is 3.71. The molecule has 0 radical (unpaired) electrons. The van der Waals surface area contributed by atoms with Gasteiger partial charge in [-0.05, 0) is 37.8 Å². The van der Waals surface area contributed by atoms with Gasteiger partial charge in [-0.15, -0.1) is 0 Å². The molecule has 0 spiro atoms. The molecule has 108 valence electrons. The van der Waals surface area contributed by atoms with E-state index in [9.17, 15) is 9.59 Å². The van der Waals surface area contributed by atoms with E-state index in [1.54, 1.807) is 11.2 Å². The minimum Gasteiger partial charge on any atom is -0.467 e. The smallest absolute Gasteiger partial charge is 0.225 e. The highest BCUT2D eigenvalue weighted by atomic mass is 16.3. The molecule has 4 nitrogen and oxygen atoms in total. The number of carbonyl (C=O) groups is 2. The zero-order chi connectivity index (χ0) is 14.1. The molecule has 20 heavy (non-hydrogen) atoms. The van der Waals surface area contributed by atoms with Crippen LogP contribution in [0.15, 0.2) is 22.8 Å². The Morgan fingerprint density at radius 3 is 2.65 bits per heavy atom. The van der Waals surface area contributed by atoms with Crippen molar-refractivity contribution < 1.29 is 14.0 Å². The lowest BCUT2D eigenvalue weighted by molar-refractivity contribution is -0.142. The fraction of sp³-hybridized carbons (Fsp3) is 0.625. The van der Waals surface area contributed by atoms with Gasteiger partial charge in [0.1, 0.15) is 11.5 Å². The maximum atomic E-state index is 12.5. The lowest BCUT2D eigenvalue weighted by atomic mass is 9.67. The third kappa shape index (κ3) is 2.51. The zero-order valence-corrected chi connectivity index (χ0v) is 11.9. The van der Waals surface area contributed by atoms with E-state index in [1.807, 2.05) is 19.2 Å². The Labute approximate surface area is 119 Å². The van der Waals surface area contributed by atoms with Crippen LogP contribution in [0.3, 0.4) is 0 Å². The predicted octanol–water partition coefficient (Wildman–Crippen LogP) is 2.63. The Hall–Kier alpha value is -1.58. The van der Waals surface area contributed by atoms with E-state index in [-0.39, 0.29) is 23.7 Å². The molecule has 1 aromatic heterocycles. The molecular weight excluding hydrogens is 254 g/mol. The van der Waals surface area contributed by atoms with Crippen molar-refractivity contribution in [2.24, 2.45) is 17.8 Å². The number of hydrogen-bond donors (Lipinski definition) is 0. The quantitative estimate of drug-likeness (QED) is 0.852. The molecular formula is C16H21NO3. The molecule has 2 fully saturated rings. The van der Waals surface area contributed by atoms with E-state index >= 15 is 0 Å². The molecule has 2 aliphatic carbocycles. The molecule has 0 N–H and O–H groups in total. The minimum atomic E-state index is 0.0166. The second-order valence-corrected chi connectivity index (χ2v) is 6.17. The van der Waals surface area contributed by atoms with Crippen LogP contribution >= 0.6 is 0 Å². The highest BCUT2D eigenvalue weighted by Crippen LogP contribution is 2.40.